The fraction of sp³-hybridized carbons (Fsp3) is 0.286. The van der Waals surface area contributed by atoms with Crippen LogP contribution < -0.4 is 9.62 Å². The summed E-state index contributed by atoms with van der Waals surface area (Å²) in [6.45, 7) is 2.60. The van der Waals surface area contributed by atoms with Crippen molar-refractivity contribution in [2.45, 2.75) is 38.9 Å². The number of carbonyl (C=O) groups excluding carboxylic acids is 2. The summed E-state index contributed by atoms with van der Waals surface area (Å²) in [7, 11) is -4.13. The van der Waals surface area contributed by atoms with Crippen LogP contribution in [0.3, 0.4) is 0 Å². The molecule has 0 unspecified atom stereocenters. The maximum Gasteiger partial charge on any atom is 0.244 e. The van der Waals surface area contributed by atoms with Gasteiger partial charge < -0.3 is 10.2 Å². The molecule has 0 spiro atoms. The summed E-state index contributed by atoms with van der Waals surface area (Å²) in [5.74, 6) is -4.19. The van der Waals surface area contributed by atoms with Gasteiger partial charge in [0.15, 0.2) is 11.6 Å². The number of halogens is 3. The maximum atomic E-state index is 14.0. The molecular formula is C28H30F3N3O4S. The first-order valence-electron chi connectivity index (χ1n) is 12.2. The normalized spacial score (nSPS) is 12.2. The van der Waals surface area contributed by atoms with Crippen LogP contribution in [0.2, 0.25) is 0 Å². The average Bonchev–Trinajstić information content (AvgIpc) is 2.87. The van der Waals surface area contributed by atoms with E-state index in [-0.39, 0.29) is 24.7 Å². The van der Waals surface area contributed by atoms with Gasteiger partial charge in [-0.2, -0.15) is 0 Å². The maximum absolute atomic E-state index is 14.0. The second-order valence-corrected chi connectivity index (χ2v) is 11.3. The van der Waals surface area contributed by atoms with Crippen LogP contribution in [0.4, 0.5) is 18.9 Å². The third kappa shape index (κ3) is 8.31. The van der Waals surface area contributed by atoms with E-state index >= 15 is 0 Å². The summed E-state index contributed by atoms with van der Waals surface area (Å²) < 4.78 is 67.0. The zero-order chi connectivity index (χ0) is 28.7. The standard InChI is InChI=1S/C28H30F3N3O4S/c1-19(2)32-28(36)26(15-20-7-5-4-6-8-20)33(17-21-9-11-22(29)12-10-21)27(35)18-34(39(3,37)38)23-13-14-24(30)25(31)16-23/h4-14,16,19,26H,15,17-18H2,1-3H3,(H,32,36)/t26-/m1/s1. The zero-order valence-corrected chi connectivity index (χ0v) is 22.6. The number of nitrogens with one attached hydrogen (secondary N) is 1. The molecule has 3 aromatic carbocycles. The van der Waals surface area contributed by atoms with Crippen molar-refractivity contribution in [1.82, 2.24) is 10.2 Å². The predicted octanol–water partition coefficient (Wildman–Crippen LogP) is 4.03. The minimum Gasteiger partial charge on any atom is -0.352 e. The highest BCUT2D eigenvalue weighted by Gasteiger charge is 2.33. The van der Waals surface area contributed by atoms with E-state index in [0.29, 0.717) is 15.9 Å². The molecule has 2 amide bonds. The molecule has 0 aromatic heterocycles. The zero-order valence-electron chi connectivity index (χ0n) is 21.8. The van der Waals surface area contributed by atoms with Crippen LogP contribution in [0.1, 0.15) is 25.0 Å². The molecule has 3 aromatic rings. The molecule has 1 atom stereocenters. The second kappa shape index (κ2) is 12.8. The molecule has 1 N–H and O–H groups in total. The van der Waals surface area contributed by atoms with Gasteiger partial charge in [-0.25, -0.2) is 21.6 Å². The number of hydrogen-bond donors (Lipinski definition) is 1. The van der Waals surface area contributed by atoms with E-state index in [1.807, 2.05) is 0 Å². The van der Waals surface area contributed by atoms with Crippen LogP contribution in [0, 0.1) is 17.5 Å². The van der Waals surface area contributed by atoms with Crippen molar-refractivity contribution in [3.05, 3.63) is 101 Å². The molecule has 0 heterocycles. The van der Waals surface area contributed by atoms with E-state index in [0.717, 1.165) is 24.0 Å². The molecule has 0 saturated carbocycles. The predicted molar refractivity (Wildman–Crippen MR) is 143 cm³/mol. The van der Waals surface area contributed by atoms with Gasteiger partial charge in [0.1, 0.15) is 18.4 Å². The van der Waals surface area contributed by atoms with E-state index in [1.54, 1.807) is 44.2 Å². The number of carbonyl (C=O) groups is 2. The number of sulfonamides is 1. The lowest BCUT2D eigenvalue weighted by atomic mass is 10.0. The summed E-state index contributed by atoms with van der Waals surface area (Å²) in [5.41, 5.74) is 0.996. The molecule has 39 heavy (non-hydrogen) atoms. The summed E-state index contributed by atoms with van der Waals surface area (Å²) >= 11 is 0. The van der Waals surface area contributed by atoms with Crippen LogP contribution in [0.5, 0.6) is 0 Å². The van der Waals surface area contributed by atoms with E-state index < -0.39 is 51.9 Å². The smallest absolute Gasteiger partial charge is 0.244 e. The Morgan fingerprint density at radius 3 is 2.08 bits per heavy atom. The number of rotatable bonds is 11. The largest absolute Gasteiger partial charge is 0.352 e. The number of hydrogen-bond acceptors (Lipinski definition) is 4. The SMILES string of the molecule is CC(C)NC(=O)[C@@H](Cc1ccccc1)N(Cc1ccc(F)cc1)C(=O)CN(c1ccc(F)c(F)c1)S(C)(=O)=O. The molecule has 0 radical (unpaired) electrons. The Hall–Kier alpha value is -3.86. The van der Waals surface area contributed by atoms with Crippen LogP contribution in [0.25, 0.3) is 0 Å². The Morgan fingerprint density at radius 2 is 1.51 bits per heavy atom. The highest BCUT2D eigenvalue weighted by Crippen LogP contribution is 2.22. The van der Waals surface area contributed by atoms with Gasteiger partial charge in [0.2, 0.25) is 21.8 Å². The van der Waals surface area contributed by atoms with Crippen molar-refractivity contribution < 1.29 is 31.2 Å². The first-order valence-corrected chi connectivity index (χ1v) is 14.0. The average molecular weight is 562 g/mol. The summed E-state index contributed by atoms with van der Waals surface area (Å²) in [6, 6.07) is 15.5. The molecule has 0 saturated heterocycles. The first-order chi connectivity index (χ1) is 18.3. The van der Waals surface area contributed by atoms with Crippen molar-refractivity contribution in [2.24, 2.45) is 0 Å². The minimum atomic E-state index is -4.13. The molecule has 0 aliphatic heterocycles. The Kier molecular flexibility index (Phi) is 9.74. The van der Waals surface area contributed by atoms with Gasteiger partial charge >= 0.3 is 0 Å². The van der Waals surface area contributed by atoms with Crippen LogP contribution in [-0.2, 0) is 32.6 Å². The third-order valence-corrected chi connectivity index (χ3v) is 6.98. The molecular weight excluding hydrogens is 531 g/mol. The number of nitrogens with zero attached hydrogens (tertiary/aromatic N) is 2. The van der Waals surface area contributed by atoms with E-state index in [4.69, 9.17) is 0 Å². The van der Waals surface area contributed by atoms with Crippen LogP contribution >= 0.6 is 0 Å². The van der Waals surface area contributed by atoms with Gasteiger partial charge in [-0.3, -0.25) is 13.9 Å². The molecule has 0 fully saturated rings. The third-order valence-electron chi connectivity index (χ3n) is 5.84. The van der Waals surface area contributed by atoms with Crippen molar-refractivity contribution in [2.75, 3.05) is 17.1 Å². The lowest BCUT2D eigenvalue weighted by Crippen LogP contribution is -2.54. The second-order valence-electron chi connectivity index (χ2n) is 9.38. The van der Waals surface area contributed by atoms with E-state index in [2.05, 4.69) is 5.32 Å². The molecule has 3 rings (SSSR count). The fourth-order valence-electron chi connectivity index (χ4n) is 3.98. The molecule has 7 nitrogen and oxygen atoms in total. The minimum absolute atomic E-state index is 0.108. The molecule has 0 aliphatic carbocycles. The summed E-state index contributed by atoms with van der Waals surface area (Å²) in [6.07, 6.45) is 0.940. The highest BCUT2D eigenvalue weighted by molar-refractivity contribution is 7.92. The van der Waals surface area contributed by atoms with Gasteiger partial charge in [0, 0.05) is 25.1 Å². The van der Waals surface area contributed by atoms with E-state index in [9.17, 15) is 31.2 Å². The summed E-state index contributed by atoms with van der Waals surface area (Å²) in [5, 5.41) is 2.81. The van der Waals surface area contributed by atoms with Crippen molar-refractivity contribution >= 4 is 27.5 Å². The molecule has 0 bridgehead atoms. The van der Waals surface area contributed by atoms with Crippen molar-refractivity contribution in [1.29, 1.82) is 0 Å². The molecule has 208 valence electrons. The molecule has 11 heteroatoms. The quantitative estimate of drug-likeness (QED) is 0.383. The highest BCUT2D eigenvalue weighted by atomic mass is 32.2. The van der Waals surface area contributed by atoms with Gasteiger partial charge in [0.05, 0.1) is 11.9 Å². The molecule has 0 aliphatic rings. The fourth-order valence-corrected chi connectivity index (χ4v) is 4.82. The first kappa shape index (κ1) is 29.7. The Labute approximate surface area is 226 Å². The Balaban J connectivity index is 2.06. The van der Waals surface area contributed by atoms with Gasteiger partial charge in [-0.05, 0) is 49.2 Å². The Bertz CT molecular complexity index is 1400. The van der Waals surface area contributed by atoms with Gasteiger partial charge in [0.25, 0.3) is 0 Å². The number of benzene rings is 3. The lowest BCUT2D eigenvalue weighted by molar-refractivity contribution is -0.140. The number of amides is 2. The summed E-state index contributed by atoms with van der Waals surface area (Å²) in [4.78, 5) is 28.4. The van der Waals surface area contributed by atoms with Gasteiger partial charge in [-0.15, -0.1) is 0 Å². The lowest BCUT2D eigenvalue weighted by Gasteiger charge is -2.34. The van der Waals surface area contributed by atoms with Crippen molar-refractivity contribution in [3.63, 3.8) is 0 Å². The van der Waals surface area contributed by atoms with Crippen LogP contribution in [-0.4, -0.2) is 50.0 Å². The van der Waals surface area contributed by atoms with E-state index in [1.165, 1.54) is 29.2 Å². The van der Waals surface area contributed by atoms with Crippen LogP contribution in [0.15, 0.2) is 72.8 Å². The monoisotopic (exact) mass is 561 g/mol. The Morgan fingerprint density at radius 1 is 0.872 bits per heavy atom. The number of anilines is 1. The topological polar surface area (TPSA) is 86.8 Å². The van der Waals surface area contributed by atoms with Gasteiger partial charge in [-0.1, -0.05) is 42.5 Å². The van der Waals surface area contributed by atoms with Crippen molar-refractivity contribution in [3.8, 4) is 0 Å².